The first kappa shape index (κ1) is 12.4. The first-order valence-electron chi connectivity index (χ1n) is 6.88. The van der Waals surface area contributed by atoms with E-state index in [0.29, 0.717) is 5.41 Å². The van der Waals surface area contributed by atoms with Crippen LogP contribution < -0.4 is 0 Å². The van der Waals surface area contributed by atoms with Crippen LogP contribution in [0.1, 0.15) is 52.0 Å². The highest BCUT2D eigenvalue weighted by atomic mass is 14.6. The van der Waals surface area contributed by atoms with Crippen LogP contribution in [0.25, 0.3) is 0 Å². The third-order valence-corrected chi connectivity index (χ3v) is 4.22. The van der Waals surface area contributed by atoms with Crippen molar-refractivity contribution in [3.05, 3.63) is 47.5 Å². The summed E-state index contributed by atoms with van der Waals surface area (Å²) in [5, 5.41) is 0. The standard InChI is InChI=1S/C17H24/c1-4-15-13-17(15,12-8-9-14(2)3)16-10-6-5-7-11-16/h5-7,9-11,15H,4,8,12-13H2,1-3H3. The van der Waals surface area contributed by atoms with Crippen molar-refractivity contribution >= 4 is 0 Å². The van der Waals surface area contributed by atoms with Crippen molar-refractivity contribution in [2.24, 2.45) is 5.92 Å². The molecular formula is C17H24. The molecule has 2 rings (SSSR count). The van der Waals surface area contributed by atoms with E-state index in [1.54, 1.807) is 5.56 Å². The zero-order chi connectivity index (χ0) is 12.3. The molecule has 2 unspecified atom stereocenters. The van der Waals surface area contributed by atoms with Crippen LogP contribution in [0.4, 0.5) is 0 Å². The lowest BCUT2D eigenvalue weighted by Gasteiger charge is -2.17. The summed E-state index contributed by atoms with van der Waals surface area (Å²) in [6, 6.07) is 11.1. The number of rotatable bonds is 5. The highest BCUT2D eigenvalue weighted by Crippen LogP contribution is 2.58. The van der Waals surface area contributed by atoms with E-state index >= 15 is 0 Å². The van der Waals surface area contributed by atoms with Gasteiger partial charge in [0.25, 0.3) is 0 Å². The van der Waals surface area contributed by atoms with Gasteiger partial charge in [0.1, 0.15) is 0 Å². The maximum absolute atomic E-state index is 2.38. The molecule has 1 fully saturated rings. The highest BCUT2D eigenvalue weighted by Gasteiger charge is 2.52. The molecule has 0 amide bonds. The molecule has 1 saturated carbocycles. The lowest BCUT2D eigenvalue weighted by Crippen LogP contribution is -2.09. The maximum atomic E-state index is 2.38. The van der Waals surface area contributed by atoms with Crippen LogP contribution in [-0.4, -0.2) is 0 Å². The molecule has 0 heteroatoms. The van der Waals surface area contributed by atoms with Crippen LogP contribution in [0.2, 0.25) is 0 Å². The van der Waals surface area contributed by atoms with E-state index in [2.05, 4.69) is 57.2 Å². The summed E-state index contributed by atoms with van der Waals surface area (Å²) in [7, 11) is 0. The molecule has 1 aliphatic rings. The Labute approximate surface area is 106 Å². The normalized spacial score (nSPS) is 26.6. The molecule has 1 aliphatic carbocycles. The van der Waals surface area contributed by atoms with Crippen LogP contribution in [0.3, 0.4) is 0 Å². The Bertz CT molecular complexity index is 384. The van der Waals surface area contributed by atoms with Gasteiger partial charge in [-0.1, -0.05) is 55.3 Å². The minimum absolute atomic E-state index is 0.502. The zero-order valence-electron chi connectivity index (χ0n) is 11.4. The van der Waals surface area contributed by atoms with E-state index < -0.39 is 0 Å². The van der Waals surface area contributed by atoms with E-state index in [1.165, 1.54) is 31.3 Å². The molecule has 0 aromatic heterocycles. The second-order valence-corrected chi connectivity index (χ2v) is 5.65. The Hall–Kier alpha value is -1.04. The molecule has 0 nitrogen and oxygen atoms in total. The fraction of sp³-hybridized carbons (Fsp3) is 0.529. The van der Waals surface area contributed by atoms with Crippen LogP contribution in [-0.2, 0) is 5.41 Å². The van der Waals surface area contributed by atoms with Gasteiger partial charge < -0.3 is 0 Å². The molecule has 0 spiro atoms. The first-order chi connectivity index (χ1) is 8.19. The smallest absolute Gasteiger partial charge is 0.00126 e. The van der Waals surface area contributed by atoms with Crippen molar-refractivity contribution in [1.82, 2.24) is 0 Å². The lowest BCUT2D eigenvalue weighted by molar-refractivity contribution is 0.549. The van der Waals surface area contributed by atoms with E-state index in [9.17, 15) is 0 Å². The summed E-state index contributed by atoms with van der Waals surface area (Å²) in [6.45, 7) is 6.72. The van der Waals surface area contributed by atoms with Crippen molar-refractivity contribution < 1.29 is 0 Å². The minimum atomic E-state index is 0.502. The summed E-state index contributed by atoms with van der Waals surface area (Å²) in [5.41, 5.74) is 3.51. The fourth-order valence-electron chi connectivity index (χ4n) is 3.11. The van der Waals surface area contributed by atoms with Crippen molar-refractivity contribution in [3.8, 4) is 0 Å². The number of allylic oxidation sites excluding steroid dienone is 2. The van der Waals surface area contributed by atoms with Crippen molar-refractivity contribution in [2.45, 2.75) is 51.9 Å². The number of hydrogen-bond donors (Lipinski definition) is 0. The summed E-state index contributed by atoms with van der Waals surface area (Å²) >= 11 is 0. The van der Waals surface area contributed by atoms with Gasteiger partial charge in [-0.2, -0.15) is 0 Å². The number of hydrogen-bond acceptors (Lipinski definition) is 0. The SMILES string of the molecule is CCC1CC1(CCC=C(C)C)c1ccccc1. The average molecular weight is 228 g/mol. The first-order valence-corrected chi connectivity index (χ1v) is 6.88. The average Bonchev–Trinajstić information content (AvgIpc) is 3.05. The largest absolute Gasteiger partial charge is 0.0859 e. The summed E-state index contributed by atoms with van der Waals surface area (Å²) < 4.78 is 0. The molecule has 0 aliphatic heterocycles. The Morgan fingerprint density at radius 2 is 2.00 bits per heavy atom. The molecular weight excluding hydrogens is 204 g/mol. The predicted molar refractivity (Wildman–Crippen MR) is 75.2 cm³/mol. The van der Waals surface area contributed by atoms with Crippen LogP contribution >= 0.6 is 0 Å². The third kappa shape index (κ3) is 2.62. The second kappa shape index (κ2) is 5.08. The third-order valence-electron chi connectivity index (χ3n) is 4.22. The molecule has 0 radical (unpaired) electrons. The minimum Gasteiger partial charge on any atom is -0.0859 e. The van der Waals surface area contributed by atoms with Crippen molar-refractivity contribution in [2.75, 3.05) is 0 Å². The molecule has 92 valence electrons. The molecule has 0 bridgehead atoms. The van der Waals surface area contributed by atoms with Gasteiger partial charge in [-0.25, -0.2) is 0 Å². The Balaban J connectivity index is 2.10. The van der Waals surface area contributed by atoms with Crippen molar-refractivity contribution in [1.29, 1.82) is 0 Å². The van der Waals surface area contributed by atoms with Gasteiger partial charge in [-0.3, -0.25) is 0 Å². The Kier molecular flexibility index (Phi) is 3.71. The predicted octanol–water partition coefficient (Wildman–Crippen LogP) is 5.10. The molecule has 1 aromatic carbocycles. The summed E-state index contributed by atoms with van der Waals surface area (Å²) in [5.74, 6) is 0.912. The van der Waals surface area contributed by atoms with Crippen LogP contribution in [0.15, 0.2) is 42.0 Å². The monoisotopic (exact) mass is 228 g/mol. The zero-order valence-corrected chi connectivity index (χ0v) is 11.4. The quantitative estimate of drug-likeness (QED) is 0.615. The number of benzene rings is 1. The van der Waals surface area contributed by atoms with Gasteiger partial charge in [0.2, 0.25) is 0 Å². The molecule has 0 N–H and O–H groups in total. The fourth-order valence-corrected chi connectivity index (χ4v) is 3.11. The molecule has 1 aromatic rings. The van der Waals surface area contributed by atoms with Gasteiger partial charge in [0.05, 0.1) is 0 Å². The molecule has 0 heterocycles. The van der Waals surface area contributed by atoms with Crippen LogP contribution in [0.5, 0.6) is 0 Å². The summed E-state index contributed by atoms with van der Waals surface area (Å²) in [4.78, 5) is 0. The Morgan fingerprint density at radius 3 is 2.53 bits per heavy atom. The Morgan fingerprint density at radius 1 is 1.29 bits per heavy atom. The van der Waals surface area contributed by atoms with E-state index in [0.717, 1.165) is 5.92 Å². The van der Waals surface area contributed by atoms with E-state index in [-0.39, 0.29) is 0 Å². The maximum Gasteiger partial charge on any atom is -0.00126 e. The molecule has 2 atom stereocenters. The van der Waals surface area contributed by atoms with E-state index in [1.807, 2.05) is 0 Å². The molecule has 17 heavy (non-hydrogen) atoms. The van der Waals surface area contributed by atoms with Gasteiger partial charge in [-0.15, -0.1) is 0 Å². The molecule has 0 saturated heterocycles. The topological polar surface area (TPSA) is 0 Å². The van der Waals surface area contributed by atoms with Gasteiger partial charge in [-0.05, 0) is 50.0 Å². The van der Waals surface area contributed by atoms with Gasteiger partial charge >= 0.3 is 0 Å². The van der Waals surface area contributed by atoms with Gasteiger partial charge in [0, 0.05) is 0 Å². The van der Waals surface area contributed by atoms with Crippen molar-refractivity contribution in [3.63, 3.8) is 0 Å². The second-order valence-electron chi connectivity index (χ2n) is 5.65. The lowest BCUT2D eigenvalue weighted by atomic mass is 9.87. The van der Waals surface area contributed by atoms with Gasteiger partial charge in [0.15, 0.2) is 0 Å². The summed E-state index contributed by atoms with van der Waals surface area (Å²) in [6.07, 6.45) is 7.65. The highest BCUT2D eigenvalue weighted by molar-refractivity contribution is 5.33. The van der Waals surface area contributed by atoms with Crippen LogP contribution in [0, 0.1) is 5.92 Å². The van der Waals surface area contributed by atoms with E-state index in [4.69, 9.17) is 0 Å².